The quantitative estimate of drug-likeness (QED) is 0.795. The number of benzene rings is 1. The molecule has 1 aromatic carbocycles. The average molecular weight is 302 g/mol. The third-order valence-corrected chi connectivity index (χ3v) is 2.88. The fourth-order valence-electron chi connectivity index (χ4n) is 1.78. The normalized spacial score (nSPS) is 10.2. The summed E-state index contributed by atoms with van der Waals surface area (Å²) < 4.78 is 6.62. The fraction of sp³-hybridized carbons (Fsp3) is 0.267. The van der Waals surface area contributed by atoms with Crippen molar-refractivity contribution < 1.29 is 14.3 Å². The van der Waals surface area contributed by atoms with Crippen molar-refractivity contribution in [3.63, 3.8) is 0 Å². The number of nitrogens with zero attached hydrogens (tertiary/aromatic N) is 2. The summed E-state index contributed by atoms with van der Waals surface area (Å²) in [5.74, 6) is -0.183. The van der Waals surface area contributed by atoms with Crippen molar-refractivity contribution in [1.29, 1.82) is 0 Å². The summed E-state index contributed by atoms with van der Waals surface area (Å²) in [4.78, 5) is 23.6. The van der Waals surface area contributed by atoms with Gasteiger partial charge in [0.1, 0.15) is 0 Å². The Hall–Kier alpha value is -2.67. The number of hydrogen-bond donors (Lipinski definition) is 2. The van der Waals surface area contributed by atoms with E-state index in [9.17, 15) is 9.59 Å². The predicted molar refractivity (Wildman–Crippen MR) is 81.5 cm³/mol. The lowest BCUT2D eigenvalue weighted by Gasteiger charge is -2.05. The van der Waals surface area contributed by atoms with E-state index in [0.717, 1.165) is 0 Å². The molecule has 0 unspecified atom stereocenters. The monoisotopic (exact) mass is 302 g/mol. The Morgan fingerprint density at radius 3 is 2.73 bits per heavy atom. The van der Waals surface area contributed by atoms with Gasteiger partial charge in [0, 0.05) is 24.9 Å². The number of methoxy groups -OCH3 is 1. The van der Waals surface area contributed by atoms with E-state index >= 15 is 0 Å². The molecule has 7 nitrogen and oxygen atoms in total. The van der Waals surface area contributed by atoms with Crippen molar-refractivity contribution in [3.8, 4) is 0 Å². The van der Waals surface area contributed by atoms with Crippen LogP contribution in [0.2, 0.25) is 0 Å². The van der Waals surface area contributed by atoms with E-state index in [1.54, 1.807) is 48.3 Å². The van der Waals surface area contributed by atoms with Gasteiger partial charge >= 0.3 is 0 Å². The molecular formula is C15H18N4O3. The van der Waals surface area contributed by atoms with Crippen molar-refractivity contribution in [3.05, 3.63) is 48.2 Å². The standard InChI is InChI=1S/C15H18N4O3/c1-22-10-9-19-8-7-13(18-19)17-14(20)11-16-15(21)12-5-3-2-4-6-12/h2-8H,9-11H2,1H3,(H,16,21)(H,17,18,20). The molecule has 0 spiro atoms. The van der Waals surface area contributed by atoms with Gasteiger partial charge in [0.15, 0.2) is 5.82 Å². The highest BCUT2D eigenvalue weighted by Gasteiger charge is 2.08. The molecule has 2 amide bonds. The molecule has 2 rings (SSSR count). The van der Waals surface area contributed by atoms with Gasteiger partial charge in [0.25, 0.3) is 5.91 Å². The summed E-state index contributed by atoms with van der Waals surface area (Å²) in [6, 6.07) is 10.4. The lowest BCUT2D eigenvalue weighted by molar-refractivity contribution is -0.115. The van der Waals surface area contributed by atoms with E-state index in [2.05, 4.69) is 15.7 Å². The van der Waals surface area contributed by atoms with Gasteiger partial charge < -0.3 is 15.4 Å². The van der Waals surface area contributed by atoms with Crippen LogP contribution in [0.15, 0.2) is 42.6 Å². The van der Waals surface area contributed by atoms with Crippen molar-refractivity contribution in [2.75, 3.05) is 25.6 Å². The zero-order chi connectivity index (χ0) is 15.8. The summed E-state index contributed by atoms with van der Waals surface area (Å²) >= 11 is 0. The van der Waals surface area contributed by atoms with E-state index < -0.39 is 0 Å². The molecule has 0 atom stereocenters. The molecule has 0 bridgehead atoms. The first kappa shape index (κ1) is 15.7. The van der Waals surface area contributed by atoms with Crippen LogP contribution in [0.4, 0.5) is 5.82 Å². The molecule has 2 aromatic rings. The number of anilines is 1. The van der Waals surface area contributed by atoms with Gasteiger partial charge in [-0.2, -0.15) is 5.10 Å². The molecule has 0 aliphatic carbocycles. The summed E-state index contributed by atoms with van der Waals surface area (Å²) in [5.41, 5.74) is 0.513. The van der Waals surface area contributed by atoms with Crippen LogP contribution in [-0.4, -0.2) is 41.9 Å². The Labute approximate surface area is 128 Å². The third kappa shape index (κ3) is 4.71. The largest absolute Gasteiger partial charge is 0.383 e. The average Bonchev–Trinajstić information content (AvgIpc) is 2.98. The highest BCUT2D eigenvalue weighted by atomic mass is 16.5. The lowest BCUT2D eigenvalue weighted by Crippen LogP contribution is -2.32. The maximum Gasteiger partial charge on any atom is 0.251 e. The topological polar surface area (TPSA) is 85.2 Å². The Morgan fingerprint density at radius 1 is 1.23 bits per heavy atom. The van der Waals surface area contributed by atoms with Crippen LogP contribution in [0.3, 0.4) is 0 Å². The minimum Gasteiger partial charge on any atom is -0.383 e. The number of rotatable bonds is 7. The SMILES string of the molecule is COCCn1ccc(NC(=O)CNC(=O)c2ccccc2)n1. The van der Waals surface area contributed by atoms with E-state index in [0.29, 0.717) is 24.5 Å². The number of aromatic nitrogens is 2. The van der Waals surface area contributed by atoms with E-state index in [4.69, 9.17) is 4.74 Å². The number of amides is 2. The molecule has 7 heteroatoms. The smallest absolute Gasteiger partial charge is 0.251 e. The van der Waals surface area contributed by atoms with Crippen LogP contribution in [0, 0.1) is 0 Å². The maximum atomic E-state index is 11.8. The van der Waals surface area contributed by atoms with Gasteiger partial charge in [0.2, 0.25) is 5.91 Å². The first-order valence-corrected chi connectivity index (χ1v) is 6.84. The molecular weight excluding hydrogens is 284 g/mol. The lowest BCUT2D eigenvalue weighted by atomic mass is 10.2. The number of ether oxygens (including phenoxy) is 1. The first-order chi connectivity index (χ1) is 10.7. The van der Waals surface area contributed by atoms with Crippen molar-refractivity contribution in [2.24, 2.45) is 0 Å². The maximum absolute atomic E-state index is 11.8. The molecule has 0 aliphatic heterocycles. The zero-order valence-corrected chi connectivity index (χ0v) is 12.3. The number of hydrogen-bond acceptors (Lipinski definition) is 4. The molecule has 0 fully saturated rings. The van der Waals surface area contributed by atoms with Crippen molar-refractivity contribution >= 4 is 17.6 Å². The molecule has 0 saturated heterocycles. The molecule has 0 radical (unpaired) electrons. The molecule has 0 aliphatic rings. The Morgan fingerprint density at radius 2 is 2.00 bits per heavy atom. The van der Waals surface area contributed by atoms with Gasteiger partial charge in [-0.1, -0.05) is 18.2 Å². The molecule has 1 aromatic heterocycles. The van der Waals surface area contributed by atoms with Gasteiger partial charge in [0.05, 0.1) is 19.7 Å². The van der Waals surface area contributed by atoms with Crippen LogP contribution in [0.25, 0.3) is 0 Å². The summed E-state index contributed by atoms with van der Waals surface area (Å²) in [6.45, 7) is 1.04. The molecule has 22 heavy (non-hydrogen) atoms. The number of nitrogens with one attached hydrogen (secondary N) is 2. The predicted octanol–water partition coefficient (Wildman–Crippen LogP) is 0.898. The minimum atomic E-state index is -0.332. The van der Waals surface area contributed by atoms with Crippen LogP contribution >= 0.6 is 0 Å². The molecule has 116 valence electrons. The number of carbonyl (C=O) groups is 2. The zero-order valence-electron chi connectivity index (χ0n) is 12.3. The summed E-state index contributed by atoms with van der Waals surface area (Å²) in [5, 5.41) is 9.34. The molecule has 2 N–H and O–H groups in total. The molecule has 1 heterocycles. The van der Waals surface area contributed by atoms with Gasteiger partial charge in [-0.05, 0) is 12.1 Å². The van der Waals surface area contributed by atoms with Gasteiger partial charge in [-0.3, -0.25) is 14.3 Å². The van der Waals surface area contributed by atoms with E-state index in [1.165, 1.54) is 0 Å². The van der Waals surface area contributed by atoms with E-state index in [-0.39, 0.29) is 18.4 Å². The minimum absolute atomic E-state index is 0.112. The third-order valence-electron chi connectivity index (χ3n) is 2.88. The van der Waals surface area contributed by atoms with Crippen LogP contribution in [0.1, 0.15) is 10.4 Å². The van der Waals surface area contributed by atoms with E-state index in [1.807, 2.05) is 6.07 Å². The second kappa shape index (κ2) is 7.94. The summed E-state index contributed by atoms with van der Waals surface area (Å²) in [7, 11) is 1.61. The Bertz CT molecular complexity index is 625. The second-order valence-electron chi connectivity index (χ2n) is 4.55. The van der Waals surface area contributed by atoms with Crippen LogP contribution in [0.5, 0.6) is 0 Å². The highest BCUT2D eigenvalue weighted by molar-refractivity contribution is 5.98. The van der Waals surface area contributed by atoms with Crippen molar-refractivity contribution in [2.45, 2.75) is 6.54 Å². The van der Waals surface area contributed by atoms with Gasteiger partial charge in [-0.25, -0.2) is 0 Å². The van der Waals surface area contributed by atoms with Crippen LogP contribution < -0.4 is 10.6 Å². The van der Waals surface area contributed by atoms with Crippen LogP contribution in [-0.2, 0) is 16.1 Å². The number of carbonyl (C=O) groups excluding carboxylic acids is 2. The first-order valence-electron chi connectivity index (χ1n) is 6.84. The van der Waals surface area contributed by atoms with Gasteiger partial charge in [-0.15, -0.1) is 0 Å². The summed E-state index contributed by atoms with van der Waals surface area (Å²) in [6.07, 6.45) is 1.75. The fourth-order valence-corrected chi connectivity index (χ4v) is 1.78. The Balaban J connectivity index is 1.78. The van der Waals surface area contributed by atoms with Crippen molar-refractivity contribution in [1.82, 2.24) is 15.1 Å². The molecule has 0 saturated carbocycles. The Kier molecular flexibility index (Phi) is 5.67. The highest BCUT2D eigenvalue weighted by Crippen LogP contribution is 2.02. The second-order valence-corrected chi connectivity index (χ2v) is 4.55.